The summed E-state index contributed by atoms with van der Waals surface area (Å²) in [5.41, 5.74) is -1.68. The fraction of sp³-hybridized carbons (Fsp3) is 0.462. The van der Waals surface area contributed by atoms with E-state index >= 15 is 0 Å². The van der Waals surface area contributed by atoms with Crippen LogP contribution in [0.15, 0.2) is 12.1 Å². The highest BCUT2D eigenvalue weighted by molar-refractivity contribution is 9.09. The summed E-state index contributed by atoms with van der Waals surface area (Å²) in [4.78, 5) is 21.8. The number of carbonyl (C=O) groups is 1. The first-order chi connectivity index (χ1) is 9.88. The van der Waals surface area contributed by atoms with Crippen LogP contribution in [0.5, 0.6) is 0 Å². The molecule has 1 aromatic carbocycles. The average Bonchev–Trinajstić information content (AvgIpc) is 2.83. The molecule has 114 valence electrons. The zero-order valence-electron chi connectivity index (χ0n) is 10.9. The molecule has 1 aliphatic carbocycles. The Kier molecular flexibility index (Phi) is 4.87. The van der Waals surface area contributed by atoms with Gasteiger partial charge in [0.25, 0.3) is 5.91 Å². The Morgan fingerprint density at radius 3 is 2.71 bits per heavy atom. The van der Waals surface area contributed by atoms with E-state index in [1.807, 2.05) is 0 Å². The van der Waals surface area contributed by atoms with Crippen molar-refractivity contribution in [1.29, 1.82) is 0 Å². The molecule has 2 atom stereocenters. The third-order valence-electron chi connectivity index (χ3n) is 3.49. The lowest BCUT2D eigenvalue weighted by molar-refractivity contribution is -0.387. The predicted octanol–water partition coefficient (Wildman–Crippen LogP) is 3.17. The number of nitrogens with zero attached hydrogens (tertiary/aromatic N) is 1. The van der Waals surface area contributed by atoms with Crippen molar-refractivity contribution >= 4 is 27.5 Å². The van der Waals surface area contributed by atoms with Crippen LogP contribution in [-0.2, 0) is 0 Å². The van der Waals surface area contributed by atoms with Gasteiger partial charge in [0, 0.05) is 11.4 Å². The molecular weight excluding hydrogens is 350 g/mol. The second-order valence-corrected chi connectivity index (χ2v) is 6.32. The summed E-state index contributed by atoms with van der Waals surface area (Å²) in [6.07, 6.45) is 2.83. The minimum absolute atomic E-state index is 0.268. The van der Waals surface area contributed by atoms with Crippen LogP contribution in [-0.4, -0.2) is 22.2 Å². The van der Waals surface area contributed by atoms with Crippen molar-refractivity contribution < 1.29 is 18.5 Å². The maximum Gasteiger partial charge on any atom is 0.308 e. The number of nitrogens with one attached hydrogen (secondary N) is 1. The van der Waals surface area contributed by atoms with Crippen LogP contribution in [0.3, 0.4) is 0 Å². The zero-order valence-corrected chi connectivity index (χ0v) is 12.5. The number of nitro benzene ring substituents is 1. The van der Waals surface area contributed by atoms with Gasteiger partial charge in [0.15, 0.2) is 0 Å². The summed E-state index contributed by atoms with van der Waals surface area (Å²) in [6, 6.07) is 1.12. The molecule has 1 saturated carbocycles. The Labute approximate surface area is 128 Å². The minimum Gasteiger partial charge on any atom is -0.352 e. The van der Waals surface area contributed by atoms with Crippen LogP contribution in [0.25, 0.3) is 0 Å². The molecule has 0 heterocycles. The summed E-state index contributed by atoms with van der Waals surface area (Å²) in [6.45, 7) is 0.338. The van der Waals surface area contributed by atoms with Gasteiger partial charge in [-0.1, -0.05) is 15.9 Å². The minimum atomic E-state index is -1.32. The van der Waals surface area contributed by atoms with Gasteiger partial charge >= 0.3 is 5.69 Å². The van der Waals surface area contributed by atoms with Gasteiger partial charge in [-0.25, -0.2) is 4.39 Å². The van der Waals surface area contributed by atoms with Crippen LogP contribution in [0.2, 0.25) is 0 Å². The number of nitro groups is 1. The number of hydrogen-bond donors (Lipinski definition) is 1. The maximum absolute atomic E-state index is 13.8. The van der Waals surface area contributed by atoms with Crippen molar-refractivity contribution in [2.75, 3.05) is 6.54 Å². The Morgan fingerprint density at radius 2 is 2.14 bits per heavy atom. The Bertz CT molecular complexity index is 583. The van der Waals surface area contributed by atoms with E-state index in [1.165, 1.54) is 0 Å². The van der Waals surface area contributed by atoms with Gasteiger partial charge in [-0.15, -0.1) is 0 Å². The van der Waals surface area contributed by atoms with Crippen molar-refractivity contribution in [3.05, 3.63) is 39.4 Å². The largest absolute Gasteiger partial charge is 0.352 e. The number of halogens is 3. The first-order valence-electron chi connectivity index (χ1n) is 6.44. The lowest BCUT2D eigenvalue weighted by atomic mass is 10.1. The van der Waals surface area contributed by atoms with E-state index in [1.54, 1.807) is 0 Å². The number of benzene rings is 1. The predicted molar refractivity (Wildman–Crippen MR) is 75.4 cm³/mol. The van der Waals surface area contributed by atoms with Crippen LogP contribution in [0.4, 0.5) is 14.5 Å². The molecule has 0 aliphatic heterocycles. The van der Waals surface area contributed by atoms with Gasteiger partial charge in [0.2, 0.25) is 5.82 Å². The maximum atomic E-state index is 13.8. The molecule has 5 nitrogen and oxygen atoms in total. The first kappa shape index (κ1) is 15.8. The third-order valence-corrected chi connectivity index (χ3v) is 4.32. The van der Waals surface area contributed by atoms with Gasteiger partial charge in [-0.2, -0.15) is 4.39 Å². The van der Waals surface area contributed by atoms with Gasteiger partial charge in [0.1, 0.15) is 5.82 Å². The fourth-order valence-electron chi connectivity index (χ4n) is 2.40. The van der Waals surface area contributed by atoms with E-state index in [-0.39, 0.29) is 5.92 Å². The van der Waals surface area contributed by atoms with Crippen LogP contribution >= 0.6 is 15.9 Å². The van der Waals surface area contributed by atoms with E-state index in [4.69, 9.17) is 0 Å². The molecule has 1 N–H and O–H groups in total. The monoisotopic (exact) mass is 362 g/mol. The molecule has 0 radical (unpaired) electrons. The van der Waals surface area contributed by atoms with E-state index < -0.39 is 33.7 Å². The summed E-state index contributed by atoms with van der Waals surface area (Å²) in [5, 5.41) is 13.1. The van der Waals surface area contributed by atoms with E-state index in [9.17, 15) is 23.7 Å². The molecule has 8 heteroatoms. The summed E-state index contributed by atoms with van der Waals surface area (Å²) in [5.74, 6) is -2.91. The molecule has 1 aliphatic rings. The highest BCUT2D eigenvalue weighted by Gasteiger charge is 2.26. The number of hydrogen-bond acceptors (Lipinski definition) is 3. The van der Waals surface area contributed by atoms with Crippen LogP contribution < -0.4 is 5.32 Å². The molecule has 1 aromatic rings. The molecular formula is C13H13BrF2N2O3. The number of amides is 1. The van der Waals surface area contributed by atoms with Crippen LogP contribution in [0.1, 0.15) is 29.6 Å². The summed E-state index contributed by atoms with van der Waals surface area (Å²) < 4.78 is 27.1. The second kappa shape index (κ2) is 6.46. The number of alkyl halides is 1. The molecule has 0 spiro atoms. The molecule has 2 unspecified atom stereocenters. The van der Waals surface area contributed by atoms with Crippen LogP contribution in [0, 0.1) is 27.7 Å². The Morgan fingerprint density at radius 1 is 1.43 bits per heavy atom. The van der Waals surface area contributed by atoms with Gasteiger partial charge in [-0.05, 0) is 31.2 Å². The molecule has 2 rings (SSSR count). The molecule has 21 heavy (non-hydrogen) atoms. The highest BCUT2D eigenvalue weighted by atomic mass is 79.9. The van der Waals surface area contributed by atoms with Gasteiger partial charge in [0.05, 0.1) is 16.6 Å². The zero-order chi connectivity index (χ0) is 15.6. The molecule has 0 aromatic heterocycles. The number of rotatable bonds is 4. The first-order valence-corrected chi connectivity index (χ1v) is 7.35. The van der Waals surface area contributed by atoms with E-state index in [0.717, 1.165) is 19.3 Å². The highest BCUT2D eigenvalue weighted by Crippen LogP contribution is 2.30. The molecule has 1 fully saturated rings. The normalized spacial score (nSPS) is 21.3. The van der Waals surface area contributed by atoms with Crippen molar-refractivity contribution in [3.63, 3.8) is 0 Å². The molecule has 0 saturated heterocycles. The Hall–Kier alpha value is -1.57. The lowest BCUT2D eigenvalue weighted by Gasteiger charge is -2.11. The third kappa shape index (κ3) is 3.75. The molecule has 1 amide bonds. The topological polar surface area (TPSA) is 72.2 Å². The van der Waals surface area contributed by atoms with E-state index in [0.29, 0.717) is 23.5 Å². The standard InChI is InChI=1S/C13H13BrF2N2O3/c14-8-2-1-7(3-8)6-17-13(19)10-4-9(15)5-11(12(10)16)18(20)21/h4-5,7-8H,1-3,6H2,(H,17,19). The summed E-state index contributed by atoms with van der Waals surface area (Å²) >= 11 is 3.48. The fourth-order valence-corrected chi connectivity index (χ4v) is 3.20. The average molecular weight is 363 g/mol. The van der Waals surface area contributed by atoms with Gasteiger partial charge < -0.3 is 5.32 Å². The smallest absolute Gasteiger partial charge is 0.308 e. The van der Waals surface area contributed by atoms with Crippen molar-refractivity contribution in [3.8, 4) is 0 Å². The lowest BCUT2D eigenvalue weighted by Crippen LogP contribution is -2.29. The number of carbonyl (C=O) groups excluding carboxylic acids is 1. The second-order valence-electron chi connectivity index (χ2n) is 5.03. The SMILES string of the molecule is O=C(NCC1CCC(Br)C1)c1cc(F)cc([N+](=O)[O-])c1F. The molecule has 0 bridgehead atoms. The quantitative estimate of drug-likeness (QED) is 0.507. The Balaban J connectivity index is 2.10. The van der Waals surface area contributed by atoms with Gasteiger partial charge in [-0.3, -0.25) is 14.9 Å². The van der Waals surface area contributed by atoms with Crippen molar-refractivity contribution in [2.45, 2.75) is 24.1 Å². The van der Waals surface area contributed by atoms with Crippen molar-refractivity contribution in [1.82, 2.24) is 5.32 Å². The van der Waals surface area contributed by atoms with Crippen molar-refractivity contribution in [2.24, 2.45) is 5.92 Å². The van der Waals surface area contributed by atoms with E-state index in [2.05, 4.69) is 21.2 Å². The summed E-state index contributed by atoms with van der Waals surface area (Å²) in [7, 11) is 0.